The number of halogens is 1. The van der Waals surface area contributed by atoms with Gasteiger partial charge in [-0.2, -0.15) is 13.4 Å². The van der Waals surface area contributed by atoms with E-state index in [1.54, 1.807) is 66.9 Å². The van der Waals surface area contributed by atoms with Crippen LogP contribution in [0.5, 0.6) is 5.75 Å². The van der Waals surface area contributed by atoms with E-state index < -0.39 is 21.3 Å². The van der Waals surface area contributed by atoms with Crippen molar-refractivity contribution in [1.29, 1.82) is 0 Å². The van der Waals surface area contributed by atoms with Crippen molar-refractivity contribution < 1.29 is 27.5 Å². The first-order valence-corrected chi connectivity index (χ1v) is 13.7. The zero-order valence-electron chi connectivity index (χ0n) is 20.5. The van der Waals surface area contributed by atoms with Crippen LogP contribution >= 0.6 is 22.9 Å². The SMILES string of the molecule is Cc1oc(-c2cccs2)nc1CCOc1cccc(CN(C(C(=O)O)=S(=O)=O)N(C)c2ccc(Cl)cc2)c1. The van der Waals surface area contributed by atoms with Gasteiger partial charge in [-0.15, -0.1) is 11.3 Å². The van der Waals surface area contributed by atoms with Crippen LogP contribution in [0.1, 0.15) is 17.0 Å². The zero-order valence-corrected chi connectivity index (χ0v) is 22.9. The molecule has 0 saturated carbocycles. The third-order valence-corrected chi connectivity index (χ3v) is 7.41. The summed E-state index contributed by atoms with van der Waals surface area (Å²) in [6, 6.07) is 17.5. The molecule has 4 aromatic rings. The fourth-order valence-corrected chi connectivity index (χ4v) is 4.99. The van der Waals surface area contributed by atoms with Gasteiger partial charge in [0.15, 0.2) is 0 Å². The molecule has 0 aliphatic rings. The number of ether oxygens (including phenoxy) is 1. The lowest BCUT2D eigenvalue weighted by Crippen LogP contribution is -2.47. The standard InChI is InChI=1S/C26H24ClN3O6S2/c1-17-22(28-24(36-17)23-7-4-14-37-23)12-13-35-21-6-3-5-18(15-21)16-30(25(26(31)32)38(33)34)29(2)20-10-8-19(27)9-11-20/h3-11,14-15H,12-13,16H2,1-2H3,(H,31,32). The highest BCUT2D eigenvalue weighted by molar-refractivity contribution is 7.74. The van der Waals surface area contributed by atoms with Gasteiger partial charge in [0.1, 0.15) is 11.5 Å². The van der Waals surface area contributed by atoms with Crippen molar-refractivity contribution in [3.05, 3.63) is 88.1 Å². The molecule has 9 nitrogen and oxygen atoms in total. The third-order valence-electron chi connectivity index (χ3n) is 5.60. The molecule has 4 rings (SSSR count). The molecule has 0 atom stereocenters. The van der Waals surface area contributed by atoms with E-state index in [1.807, 2.05) is 24.4 Å². The molecular formula is C26H24ClN3O6S2. The van der Waals surface area contributed by atoms with Crippen molar-refractivity contribution >= 4 is 49.9 Å². The second-order valence-electron chi connectivity index (χ2n) is 8.15. The zero-order chi connectivity index (χ0) is 27.2. The maximum absolute atomic E-state index is 11.9. The summed E-state index contributed by atoms with van der Waals surface area (Å²) in [6.45, 7) is 2.16. The lowest BCUT2D eigenvalue weighted by atomic mass is 10.2. The van der Waals surface area contributed by atoms with E-state index in [0.29, 0.717) is 40.9 Å². The first kappa shape index (κ1) is 27.4. The van der Waals surface area contributed by atoms with E-state index >= 15 is 0 Å². The average Bonchev–Trinajstić information content (AvgIpc) is 3.54. The van der Waals surface area contributed by atoms with Gasteiger partial charge >= 0.3 is 5.97 Å². The predicted octanol–water partition coefficient (Wildman–Crippen LogP) is 4.93. The normalized spacial score (nSPS) is 10.9. The minimum atomic E-state index is -3.00. The predicted molar refractivity (Wildman–Crippen MR) is 147 cm³/mol. The molecule has 0 aliphatic heterocycles. The van der Waals surface area contributed by atoms with Gasteiger partial charge in [0.05, 0.1) is 22.9 Å². The highest BCUT2D eigenvalue weighted by Crippen LogP contribution is 2.26. The van der Waals surface area contributed by atoms with Gasteiger partial charge in [0, 0.05) is 25.0 Å². The van der Waals surface area contributed by atoms with Crippen LogP contribution < -0.4 is 9.75 Å². The molecule has 0 saturated heterocycles. The van der Waals surface area contributed by atoms with Gasteiger partial charge in [-0.05, 0) is 60.3 Å². The van der Waals surface area contributed by atoms with E-state index in [2.05, 4.69) is 4.98 Å². The van der Waals surface area contributed by atoms with Crippen molar-refractivity contribution in [3.8, 4) is 16.5 Å². The van der Waals surface area contributed by atoms with E-state index in [1.165, 1.54) is 10.0 Å². The van der Waals surface area contributed by atoms with Gasteiger partial charge in [-0.3, -0.25) is 0 Å². The quantitative estimate of drug-likeness (QED) is 0.220. The summed E-state index contributed by atoms with van der Waals surface area (Å²) in [5, 5.41) is 14.7. The van der Waals surface area contributed by atoms with E-state index in [-0.39, 0.29) is 6.54 Å². The highest BCUT2D eigenvalue weighted by atomic mass is 35.5. The summed E-state index contributed by atoms with van der Waals surface area (Å²) < 4.78 is 35.4. The summed E-state index contributed by atoms with van der Waals surface area (Å²) in [5.74, 6) is 0.294. The molecule has 0 fully saturated rings. The van der Waals surface area contributed by atoms with Crippen molar-refractivity contribution in [2.45, 2.75) is 19.9 Å². The van der Waals surface area contributed by atoms with Crippen LogP contribution in [0.2, 0.25) is 5.02 Å². The van der Waals surface area contributed by atoms with Crippen LogP contribution in [0.4, 0.5) is 5.69 Å². The highest BCUT2D eigenvalue weighted by Gasteiger charge is 2.26. The molecule has 2 heterocycles. The summed E-state index contributed by atoms with van der Waals surface area (Å²) in [5.41, 5.74) is 2.00. The number of hydrogen-bond acceptors (Lipinski definition) is 8. The van der Waals surface area contributed by atoms with Crippen LogP contribution in [0.25, 0.3) is 10.8 Å². The van der Waals surface area contributed by atoms with Gasteiger partial charge in [-0.25, -0.2) is 9.78 Å². The molecule has 198 valence electrons. The number of hydrazine groups is 1. The van der Waals surface area contributed by atoms with Crippen LogP contribution in [-0.4, -0.2) is 48.1 Å². The lowest BCUT2D eigenvalue weighted by Gasteiger charge is -2.32. The summed E-state index contributed by atoms with van der Waals surface area (Å²) in [7, 11) is -1.43. The Morgan fingerprint density at radius 2 is 1.92 bits per heavy atom. The number of thiophene rings is 1. The van der Waals surface area contributed by atoms with Crippen molar-refractivity contribution in [2.24, 2.45) is 0 Å². The Morgan fingerprint density at radius 3 is 2.58 bits per heavy atom. The van der Waals surface area contributed by atoms with E-state index in [4.69, 9.17) is 20.8 Å². The second-order valence-corrected chi connectivity index (χ2v) is 10.4. The number of aromatic nitrogens is 1. The first-order chi connectivity index (χ1) is 18.2. The minimum Gasteiger partial charge on any atom is -0.493 e. The molecule has 0 bridgehead atoms. The number of aliphatic carboxylic acids is 1. The second kappa shape index (κ2) is 12.3. The lowest BCUT2D eigenvalue weighted by molar-refractivity contribution is -0.130. The van der Waals surface area contributed by atoms with Gasteiger partial charge in [0.2, 0.25) is 21.2 Å². The van der Waals surface area contributed by atoms with Crippen LogP contribution in [0.15, 0.2) is 70.5 Å². The van der Waals surface area contributed by atoms with Gasteiger partial charge in [0.25, 0.3) is 0 Å². The number of hydrogen-bond donors (Lipinski definition) is 1. The number of oxazole rings is 1. The number of nitrogens with zero attached hydrogens (tertiary/aromatic N) is 3. The Balaban J connectivity index is 1.49. The Kier molecular flexibility index (Phi) is 8.85. The Hall–Kier alpha value is -3.64. The fraction of sp³-hybridized carbons (Fsp3) is 0.192. The van der Waals surface area contributed by atoms with Crippen molar-refractivity contribution in [3.63, 3.8) is 0 Å². The first-order valence-electron chi connectivity index (χ1n) is 11.4. The average molecular weight is 574 g/mol. The van der Waals surface area contributed by atoms with E-state index in [9.17, 15) is 18.3 Å². The number of carboxylic acid groups (broad SMARTS) is 1. The molecule has 2 aromatic heterocycles. The van der Waals surface area contributed by atoms with E-state index in [0.717, 1.165) is 16.3 Å². The van der Waals surface area contributed by atoms with Crippen molar-refractivity contribution in [1.82, 2.24) is 9.99 Å². The molecule has 0 spiro atoms. The number of aryl methyl sites for hydroxylation is 1. The molecule has 1 N–H and O–H groups in total. The molecule has 0 aliphatic carbocycles. The maximum atomic E-state index is 11.9. The monoisotopic (exact) mass is 573 g/mol. The number of rotatable bonds is 9. The number of carbonyl (C=O) groups is 1. The number of benzene rings is 2. The van der Waals surface area contributed by atoms with Gasteiger partial charge in [-0.1, -0.05) is 29.8 Å². The fourth-order valence-electron chi connectivity index (χ4n) is 3.72. The summed E-state index contributed by atoms with van der Waals surface area (Å²) in [6.07, 6.45) is 0.530. The van der Waals surface area contributed by atoms with Crippen LogP contribution in [0.3, 0.4) is 0 Å². The molecular weight excluding hydrogens is 550 g/mol. The van der Waals surface area contributed by atoms with Crippen LogP contribution in [0, 0.1) is 6.92 Å². The smallest absolute Gasteiger partial charge is 0.364 e. The van der Waals surface area contributed by atoms with Crippen molar-refractivity contribution in [2.75, 3.05) is 18.7 Å². The topological polar surface area (TPSA) is 113 Å². The molecule has 2 aromatic carbocycles. The minimum absolute atomic E-state index is 0.0431. The maximum Gasteiger partial charge on any atom is 0.364 e. The third kappa shape index (κ3) is 6.62. The summed E-state index contributed by atoms with van der Waals surface area (Å²) >= 11 is 7.52. The largest absolute Gasteiger partial charge is 0.493 e. The molecule has 38 heavy (non-hydrogen) atoms. The molecule has 0 unspecified atom stereocenters. The number of anilines is 1. The Bertz CT molecular complexity index is 1540. The summed E-state index contributed by atoms with van der Waals surface area (Å²) in [4.78, 5) is 16.6. The Morgan fingerprint density at radius 1 is 1.16 bits per heavy atom. The molecule has 12 heteroatoms. The van der Waals surface area contributed by atoms with Crippen LogP contribution in [-0.2, 0) is 28.1 Å². The number of carboxylic acids is 1. The van der Waals surface area contributed by atoms with Gasteiger partial charge < -0.3 is 19.3 Å². The Labute approximate surface area is 230 Å². The molecule has 0 amide bonds. The molecule has 0 radical (unpaired) electrons.